The van der Waals surface area contributed by atoms with Gasteiger partial charge in [0.05, 0.1) is 5.92 Å². The van der Waals surface area contributed by atoms with Crippen molar-refractivity contribution < 1.29 is 14.0 Å². The lowest BCUT2D eigenvalue weighted by molar-refractivity contribution is -0.121. The van der Waals surface area contributed by atoms with Gasteiger partial charge in [-0.05, 0) is 37.1 Å². The molecule has 96 valence electrons. The van der Waals surface area contributed by atoms with E-state index >= 15 is 0 Å². The van der Waals surface area contributed by atoms with Crippen molar-refractivity contribution >= 4 is 11.8 Å². The van der Waals surface area contributed by atoms with Crippen molar-refractivity contribution in [3.05, 3.63) is 35.1 Å². The second-order valence-electron chi connectivity index (χ2n) is 4.60. The Kier molecular flexibility index (Phi) is 3.32. The summed E-state index contributed by atoms with van der Waals surface area (Å²) in [7, 11) is 0. The summed E-state index contributed by atoms with van der Waals surface area (Å²) in [5.74, 6) is -1.17. The summed E-state index contributed by atoms with van der Waals surface area (Å²) in [5, 5.41) is 0. The van der Waals surface area contributed by atoms with E-state index in [0.29, 0.717) is 30.6 Å². The van der Waals surface area contributed by atoms with Gasteiger partial charge in [0.25, 0.3) is 5.91 Å². The fourth-order valence-corrected chi connectivity index (χ4v) is 2.21. The average molecular weight is 250 g/mol. The third-order valence-corrected chi connectivity index (χ3v) is 3.30. The summed E-state index contributed by atoms with van der Waals surface area (Å²) < 4.78 is 13.0. The number of aryl methyl sites for hydroxylation is 1. The molecule has 0 saturated carbocycles. The second kappa shape index (κ2) is 4.76. The lowest BCUT2D eigenvalue weighted by Gasteiger charge is -2.17. The van der Waals surface area contributed by atoms with Crippen LogP contribution in [0.15, 0.2) is 18.2 Å². The van der Waals surface area contributed by atoms with Crippen molar-refractivity contribution in [2.75, 3.05) is 13.1 Å². The number of hydrogen-bond donors (Lipinski definition) is 1. The number of likely N-dealkylation sites (tertiary alicyclic amines) is 1. The molecule has 0 aliphatic carbocycles. The molecule has 2 N–H and O–H groups in total. The number of primary amides is 1. The highest BCUT2D eigenvalue weighted by Gasteiger charge is 2.30. The van der Waals surface area contributed by atoms with E-state index in [0.717, 1.165) is 0 Å². The molecular weight excluding hydrogens is 235 g/mol. The van der Waals surface area contributed by atoms with Crippen molar-refractivity contribution in [2.24, 2.45) is 11.7 Å². The summed E-state index contributed by atoms with van der Waals surface area (Å²) in [6, 6.07) is 4.07. The molecule has 1 aliphatic rings. The number of rotatable bonds is 2. The van der Waals surface area contributed by atoms with Crippen molar-refractivity contribution in [2.45, 2.75) is 13.3 Å². The Hall–Kier alpha value is -1.91. The van der Waals surface area contributed by atoms with E-state index in [4.69, 9.17) is 5.73 Å². The Morgan fingerprint density at radius 2 is 2.17 bits per heavy atom. The maximum Gasteiger partial charge on any atom is 0.254 e. The van der Waals surface area contributed by atoms with E-state index in [1.165, 1.54) is 18.2 Å². The molecule has 1 atom stereocenters. The molecule has 0 aromatic heterocycles. The molecule has 2 rings (SSSR count). The van der Waals surface area contributed by atoms with Gasteiger partial charge in [0.15, 0.2) is 0 Å². The minimum Gasteiger partial charge on any atom is -0.369 e. The third kappa shape index (κ3) is 2.34. The zero-order valence-corrected chi connectivity index (χ0v) is 10.1. The molecule has 1 fully saturated rings. The predicted octanol–water partition coefficient (Wildman–Crippen LogP) is 1.08. The molecule has 1 heterocycles. The Labute approximate surface area is 105 Å². The van der Waals surface area contributed by atoms with E-state index in [1.54, 1.807) is 11.8 Å². The summed E-state index contributed by atoms with van der Waals surface area (Å²) >= 11 is 0. The number of nitrogens with two attached hydrogens (primary N) is 1. The highest BCUT2D eigenvalue weighted by atomic mass is 19.1. The Morgan fingerprint density at radius 1 is 1.44 bits per heavy atom. The molecule has 1 aromatic rings. The zero-order valence-electron chi connectivity index (χ0n) is 10.1. The molecule has 1 unspecified atom stereocenters. The zero-order chi connectivity index (χ0) is 13.3. The van der Waals surface area contributed by atoms with Gasteiger partial charge in [0.2, 0.25) is 5.91 Å². The van der Waals surface area contributed by atoms with Crippen LogP contribution in [0.5, 0.6) is 0 Å². The van der Waals surface area contributed by atoms with E-state index in [-0.39, 0.29) is 23.5 Å². The molecule has 18 heavy (non-hydrogen) atoms. The number of hydrogen-bond acceptors (Lipinski definition) is 2. The van der Waals surface area contributed by atoms with Gasteiger partial charge in [0, 0.05) is 18.7 Å². The quantitative estimate of drug-likeness (QED) is 0.853. The lowest BCUT2D eigenvalue weighted by atomic mass is 10.1. The first-order valence-electron chi connectivity index (χ1n) is 5.84. The van der Waals surface area contributed by atoms with Crippen molar-refractivity contribution in [1.29, 1.82) is 0 Å². The van der Waals surface area contributed by atoms with Crippen molar-refractivity contribution in [1.82, 2.24) is 4.90 Å². The lowest BCUT2D eigenvalue weighted by Crippen LogP contribution is -2.32. The third-order valence-electron chi connectivity index (χ3n) is 3.30. The maximum absolute atomic E-state index is 13.0. The van der Waals surface area contributed by atoms with Crippen LogP contribution in [0.3, 0.4) is 0 Å². The van der Waals surface area contributed by atoms with Crippen molar-refractivity contribution in [3.63, 3.8) is 0 Å². The maximum atomic E-state index is 13.0. The number of amides is 2. The van der Waals surface area contributed by atoms with Crippen LogP contribution >= 0.6 is 0 Å². The summed E-state index contributed by atoms with van der Waals surface area (Å²) in [5.41, 5.74) is 6.30. The number of carbonyl (C=O) groups is 2. The van der Waals surface area contributed by atoms with E-state index < -0.39 is 0 Å². The van der Waals surface area contributed by atoms with Gasteiger partial charge in [-0.25, -0.2) is 4.39 Å². The number of carbonyl (C=O) groups excluding carboxylic acids is 2. The van der Waals surface area contributed by atoms with Gasteiger partial charge in [-0.1, -0.05) is 0 Å². The van der Waals surface area contributed by atoms with Crippen LogP contribution < -0.4 is 5.73 Å². The molecule has 1 aliphatic heterocycles. The largest absolute Gasteiger partial charge is 0.369 e. The first kappa shape index (κ1) is 12.5. The van der Waals surface area contributed by atoms with Gasteiger partial charge in [0.1, 0.15) is 5.82 Å². The SMILES string of the molecule is Cc1cc(F)ccc1C(=O)N1CCC(C(N)=O)C1. The van der Waals surface area contributed by atoms with Crippen LogP contribution in [0, 0.1) is 18.7 Å². The normalized spacial score (nSPS) is 19.0. The molecule has 1 saturated heterocycles. The number of halogens is 1. The van der Waals surface area contributed by atoms with Crippen LogP contribution in [0.4, 0.5) is 4.39 Å². The van der Waals surface area contributed by atoms with E-state index in [1.807, 2.05) is 0 Å². The van der Waals surface area contributed by atoms with Gasteiger partial charge >= 0.3 is 0 Å². The van der Waals surface area contributed by atoms with Gasteiger partial charge in [-0.2, -0.15) is 0 Å². The standard InChI is InChI=1S/C13H15FN2O2/c1-8-6-10(14)2-3-11(8)13(18)16-5-4-9(7-16)12(15)17/h2-3,6,9H,4-5,7H2,1H3,(H2,15,17). The van der Waals surface area contributed by atoms with Gasteiger partial charge in [-0.3, -0.25) is 9.59 Å². The Balaban J connectivity index is 2.15. The van der Waals surface area contributed by atoms with E-state index in [9.17, 15) is 14.0 Å². The predicted molar refractivity (Wildman–Crippen MR) is 64.3 cm³/mol. The fraction of sp³-hybridized carbons (Fsp3) is 0.385. The summed E-state index contributed by atoms with van der Waals surface area (Å²) in [4.78, 5) is 24.8. The smallest absolute Gasteiger partial charge is 0.254 e. The number of nitrogens with zero attached hydrogens (tertiary/aromatic N) is 1. The van der Waals surface area contributed by atoms with Crippen LogP contribution in [-0.2, 0) is 4.79 Å². The minimum absolute atomic E-state index is 0.170. The van der Waals surface area contributed by atoms with Gasteiger partial charge in [-0.15, -0.1) is 0 Å². The molecular formula is C13H15FN2O2. The highest BCUT2D eigenvalue weighted by molar-refractivity contribution is 5.96. The molecule has 0 bridgehead atoms. The Bertz CT molecular complexity index is 502. The molecule has 2 amide bonds. The molecule has 5 heteroatoms. The second-order valence-corrected chi connectivity index (χ2v) is 4.60. The summed E-state index contributed by atoms with van der Waals surface area (Å²) in [6.45, 7) is 2.56. The summed E-state index contributed by atoms with van der Waals surface area (Å²) in [6.07, 6.45) is 0.599. The van der Waals surface area contributed by atoms with Gasteiger partial charge < -0.3 is 10.6 Å². The molecule has 4 nitrogen and oxygen atoms in total. The molecule has 0 spiro atoms. The van der Waals surface area contributed by atoms with E-state index in [2.05, 4.69) is 0 Å². The first-order valence-corrected chi connectivity index (χ1v) is 5.84. The number of benzene rings is 1. The molecule has 0 radical (unpaired) electrons. The van der Waals surface area contributed by atoms with Crippen molar-refractivity contribution in [3.8, 4) is 0 Å². The fourth-order valence-electron chi connectivity index (χ4n) is 2.21. The van der Waals surface area contributed by atoms with Crippen LogP contribution in [0.25, 0.3) is 0 Å². The van der Waals surface area contributed by atoms with Crippen LogP contribution in [-0.4, -0.2) is 29.8 Å². The van der Waals surface area contributed by atoms with Crippen LogP contribution in [0.2, 0.25) is 0 Å². The topological polar surface area (TPSA) is 63.4 Å². The van der Waals surface area contributed by atoms with Crippen LogP contribution in [0.1, 0.15) is 22.3 Å². The minimum atomic E-state index is -0.374. The average Bonchev–Trinajstić information content (AvgIpc) is 2.77. The first-order chi connectivity index (χ1) is 8.49. The Morgan fingerprint density at radius 3 is 2.72 bits per heavy atom. The highest BCUT2D eigenvalue weighted by Crippen LogP contribution is 2.20. The monoisotopic (exact) mass is 250 g/mol. The molecule has 1 aromatic carbocycles.